The number of rotatable bonds is 5. The highest BCUT2D eigenvalue weighted by Gasteiger charge is 2.26. The fraction of sp³-hybridized carbons (Fsp3) is 1.00. The minimum Gasteiger partial charge on any atom is -0.309 e. The summed E-state index contributed by atoms with van der Waals surface area (Å²) < 4.78 is 0. The van der Waals surface area contributed by atoms with Crippen LogP contribution < -0.4 is 5.32 Å². The number of hydrogen-bond acceptors (Lipinski definition) is 1. The molecule has 0 bridgehead atoms. The molecule has 0 atom stereocenters. The van der Waals surface area contributed by atoms with Gasteiger partial charge in [-0.3, -0.25) is 0 Å². The van der Waals surface area contributed by atoms with E-state index in [2.05, 4.69) is 53.8 Å². The Labute approximate surface area is 90.7 Å². The third-order valence-electron chi connectivity index (χ3n) is 2.55. The van der Waals surface area contributed by atoms with Crippen molar-refractivity contribution in [1.29, 1.82) is 0 Å². The van der Waals surface area contributed by atoms with Crippen LogP contribution in [-0.4, -0.2) is 11.6 Å². The van der Waals surface area contributed by atoms with E-state index in [4.69, 9.17) is 0 Å². The van der Waals surface area contributed by atoms with Crippen molar-refractivity contribution in [3.63, 3.8) is 0 Å². The molecule has 1 heteroatoms. The Morgan fingerprint density at radius 3 is 1.64 bits per heavy atom. The summed E-state index contributed by atoms with van der Waals surface area (Å²) in [5, 5.41) is 3.75. The lowest BCUT2D eigenvalue weighted by molar-refractivity contribution is 0.218. The first kappa shape index (κ1) is 14.0. The van der Waals surface area contributed by atoms with Gasteiger partial charge in [-0.2, -0.15) is 0 Å². The Kier molecular flexibility index (Phi) is 5.14. The van der Waals surface area contributed by atoms with Gasteiger partial charge in [-0.1, -0.05) is 34.6 Å². The summed E-state index contributed by atoms with van der Waals surface area (Å²) in [6.07, 6.45) is 3.67. The van der Waals surface area contributed by atoms with Gasteiger partial charge in [0.1, 0.15) is 0 Å². The van der Waals surface area contributed by atoms with Gasteiger partial charge in [-0.25, -0.2) is 0 Å². The quantitative estimate of drug-likeness (QED) is 0.706. The van der Waals surface area contributed by atoms with Crippen molar-refractivity contribution >= 4 is 0 Å². The van der Waals surface area contributed by atoms with E-state index in [1.807, 2.05) is 0 Å². The third-order valence-corrected chi connectivity index (χ3v) is 2.55. The molecule has 0 spiro atoms. The first-order valence-electron chi connectivity index (χ1n) is 5.98. The van der Waals surface area contributed by atoms with Crippen LogP contribution in [0.5, 0.6) is 0 Å². The van der Waals surface area contributed by atoms with E-state index in [0.717, 1.165) is 0 Å². The summed E-state index contributed by atoms with van der Waals surface area (Å²) in [6, 6.07) is 0.673. The van der Waals surface area contributed by atoms with Crippen molar-refractivity contribution in [2.45, 2.75) is 79.3 Å². The Balaban J connectivity index is 4.18. The molecule has 0 unspecified atom stereocenters. The topological polar surface area (TPSA) is 12.0 Å². The highest BCUT2D eigenvalue weighted by Crippen LogP contribution is 2.27. The molecule has 0 aromatic heterocycles. The van der Waals surface area contributed by atoms with Crippen LogP contribution >= 0.6 is 0 Å². The van der Waals surface area contributed by atoms with Crippen LogP contribution in [0.2, 0.25) is 0 Å². The van der Waals surface area contributed by atoms with Crippen molar-refractivity contribution in [3.8, 4) is 0 Å². The molecule has 14 heavy (non-hydrogen) atoms. The monoisotopic (exact) mass is 199 g/mol. The molecule has 1 nitrogen and oxygen atoms in total. The highest BCUT2D eigenvalue weighted by atomic mass is 15.0. The lowest BCUT2D eigenvalue weighted by atomic mass is 9.81. The second-order valence-corrected chi connectivity index (χ2v) is 6.28. The Morgan fingerprint density at radius 1 is 0.929 bits per heavy atom. The molecular formula is C13H29N. The normalized spacial score (nSPS) is 13.7. The van der Waals surface area contributed by atoms with Crippen molar-refractivity contribution < 1.29 is 0 Å². The van der Waals surface area contributed by atoms with E-state index in [1.165, 1.54) is 19.3 Å². The van der Waals surface area contributed by atoms with Crippen molar-refractivity contribution in [1.82, 2.24) is 5.32 Å². The van der Waals surface area contributed by atoms with Gasteiger partial charge in [-0.15, -0.1) is 0 Å². The Hall–Kier alpha value is -0.0400. The second kappa shape index (κ2) is 5.16. The van der Waals surface area contributed by atoms with Gasteiger partial charge in [0.15, 0.2) is 0 Å². The van der Waals surface area contributed by atoms with Crippen LogP contribution in [-0.2, 0) is 0 Å². The van der Waals surface area contributed by atoms with Gasteiger partial charge < -0.3 is 5.32 Å². The summed E-state index contributed by atoms with van der Waals surface area (Å²) in [6.45, 7) is 16.1. The van der Waals surface area contributed by atoms with Crippen molar-refractivity contribution in [2.75, 3.05) is 0 Å². The first-order valence-corrected chi connectivity index (χ1v) is 5.98. The summed E-state index contributed by atoms with van der Waals surface area (Å²) >= 11 is 0. The van der Waals surface area contributed by atoms with Crippen molar-refractivity contribution in [2.24, 2.45) is 5.41 Å². The molecule has 0 aliphatic carbocycles. The van der Waals surface area contributed by atoms with Gasteiger partial charge in [0, 0.05) is 11.6 Å². The fourth-order valence-corrected chi connectivity index (χ4v) is 2.42. The minimum atomic E-state index is 0.259. The van der Waals surface area contributed by atoms with Gasteiger partial charge in [0.05, 0.1) is 0 Å². The highest BCUT2D eigenvalue weighted by molar-refractivity contribution is 4.85. The van der Waals surface area contributed by atoms with Gasteiger partial charge in [0.2, 0.25) is 0 Å². The molecule has 0 aliphatic heterocycles. The molecule has 0 saturated heterocycles. The van der Waals surface area contributed by atoms with E-state index in [-0.39, 0.29) is 5.54 Å². The maximum absolute atomic E-state index is 3.75. The average Bonchev–Trinajstić information content (AvgIpc) is 1.95. The van der Waals surface area contributed by atoms with Crippen LogP contribution in [0.1, 0.15) is 67.7 Å². The van der Waals surface area contributed by atoms with E-state index in [0.29, 0.717) is 11.5 Å². The first-order chi connectivity index (χ1) is 6.20. The molecule has 0 saturated carbocycles. The zero-order valence-corrected chi connectivity index (χ0v) is 11.2. The molecule has 0 aromatic rings. The molecule has 0 fully saturated rings. The van der Waals surface area contributed by atoms with Gasteiger partial charge >= 0.3 is 0 Å². The summed E-state index contributed by atoms with van der Waals surface area (Å²) in [7, 11) is 0. The van der Waals surface area contributed by atoms with Crippen LogP contribution in [0.4, 0.5) is 0 Å². The van der Waals surface area contributed by atoms with Crippen LogP contribution in [0, 0.1) is 5.41 Å². The van der Waals surface area contributed by atoms with Crippen LogP contribution in [0.15, 0.2) is 0 Å². The predicted octanol–water partition coefficient (Wildman–Crippen LogP) is 3.98. The van der Waals surface area contributed by atoms with Crippen LogP contribution in [0.25, 0.3) is 0 Å². The zero-order chi connectivity index (χ0) is 11.4. The van der Waals surface area contributed by atoms with E-state index >= 15 is 0 Å². The number of hydrogen-bond donors (Lipinski definition) is 1. The molecule has 0 aromatic carbocycles. The summed E-state index contributed by atoms with van der Waals surface area (Å²) in [5.74, 6) is 0. The van der Waals surface area contributed by atoms with E-state index in [9.17, 15) is 0 Å². The zero-order valence-electron chi connectivity index (χ0n) is 11.2. The maximum Gasteiger partial charge on any atom is 0.0132 e. The standard InChI is InChI=1S/C13H29N/c1-8-11(9-2)14-13(6,7)10-12(3,4)5/h11,14H,8-10H2,1-7H3. The molecule has 0 amide bonds. The Bertz CT molecular complexity index is 149. The lowest BCUT2D eigenvalue weighted by Gasteiger charge is -2.36. The summed E-state index contributed by atoms with van der Waals surface area (Å²) in [5.41, 5.74) is 0.664. The van der Waals surface area contributed by atoms with E-state index in [1.54, 1.807) is 0 Å². The molecule has 86 valence electrons. The van der Waals surface area contributed by atoms with Gasteiger partial charge in [0.25, 0.3) is 0 Å². The molecule has 0 radical (unpaired) electrons. The smallest absolute Gasteiger partial charge is 0.0132 e. The third kappa shape index (κ3) is 6.42. The predicted molar refractivity (Wildman–Crippen MR) is 65.7 cm³/mol. The second-order valence-electron chi connectivity index (χ2n) is 6.28. The number of nitrogens with one attached hydrogen (secondary N) is 1. The molecule has 0 heterocycles. The summed E-state index contributed by atoms with van der Waals surface area (Å²) in [4.78, 5) is 0. The maximum atomic E-state index is 3.75. The lowest BCUT2D eigenvalue weighted by Crippen LogP contribution is -2.47. The Morgan fingerprint density at radius 2 is 1.36 bits per heavy atom. The van der Waals surface area contributed by atoms with E-state index < -0.39 is 0 Å². The molecule has 1 N–H and O–H groups in total. The molecule has 0 rings (SSSR count). The minimum absolute atomic E-state index is 0.259. The average molecular weight is 199 g/mol. The van der Waals surface area contributed by atoms with Gasteiger partial charge in [-0.05, 0) is 38.5 Å². The molecule has 0 aliphatic rings. The van der Waals surface area contributed by atoms with Crippen molar-refractivity contribution in [3.05, 3.63) is 0 Å². The molecular weight excluding hydrogens is 170 g/mol. The SMILES string of the molecule is CCC(CC)NC(C)(C)CC(C)(C)C. The fourth-order valence-electron chi connectivity index (χ4n) is 2.42. The largest absolute Gasteiger partial charge is 0.309 e. The van der Waals surface area contributed by atoms with Crippen LogP contribution in [0.3, 0.4) is 0 Å².